The average molecular weight is 417 g/mol. The van der Waals surface area contributed by atoms with Crippen molar-refractivity contribution in [2.75, 3.05) is 37.4 Å². The van der Waals surface area contributed by atoms with Crippen molar-refractivity contribution in [3.05, 3.63) is 54.1 Å². The Bertz CT molecular complexity index is 1000. The first kappa shape index (κ1) is 20.8. The van der Waals surface area contributed by atoms with Crippen LogP contribution in [0.4, 0.5) is 11.4 Å². The molecule has 1 aliphatic rings. The van der Waals surface area contributed by atoms with E-state index in [0.29, 0.717) is 24.5 Å². The van der Waals surface area contributed by atoms with Crippen LogP contribution in [0, 0.1) is 0 Å². The van der Waals surface area contributed by atoms with Crippen molar-refractivity contribution in [3.63, 3.8) is 0 Å². The average Bonchev–Trinajstić information content (AvgIpc) is 3.28. The van der Waals surface area contributed by atoms with Gasteiger partial charge in [-0.05, 0) is 43.2 Å². The van der Waals surface area contributed by atoms with Crippen LogP contribution in [0.2, 0.25) is 0 Å². The number of benzene rings is 2. The van der Waals surface area contributed by atoms with Crippen molar-refractivity contribution in [1.82, 2.24) is 4.31 Å². The van der Waals surface area contributed by atoms with Gasteiger partial charge in [0, 0.05) is 18.8 Å². The van der Waals surface area contributed by atoms with Gasteiger partial charge in [-0.2, -0.15) is 4.31 Å². The molecule has 3 rings (SSSR count). The molecule has 1 heterocycles. The first-order valence-corrected chi connectivity index (χ1v) is 10.7. The molecule has 2 aromatic carbocycles. The highest BCUT2D eigenvalue weighted by atomic mass is 32.2. The van der Waals surface area contributed by atoms with E-state index in [1.165, 1.54) is 17.5 Å². The van der Waals surface area contributed by atoms with Gasteiger partial charge in [0.1, 0.15) is 0 Å². The summed E-state index contributed by atoms with van der Waals surface area (Å²) in [5, 5.41) is 5.58. The molecule has 0 bridgehead atoms. The lowest BCUT2D eigenvalue weighted by atomic mass is 10.2. The Hall–Kier alpha value is -2.91. The first-order chi connectivity index (χ1) is 13.9. The van der Waals surface area contributed by atoms with Crippen LogP contribution in [0.1, 0.15) is 23.2 Å². The summed E-state index contributed by atoms with van der Waals surface area (Å²) in [6.45, 7) is 0.965. The van der Waals surface area contributed by atoms with E-state index in [-0.39, 0.29) is 22.9 Å². The summed E-state index contributed by atoms with van der Waals surface area (Å²) < 4.78 is 31.5. The standard InChI is InChI=1S/C20H23N3O5S/c1-28-20(25)17-9-2-3-10-18(17)22-19(24)14-21-15-7-6-8-16(13-15)29(26,27)23-11-4-5-12-23/h2-3,6-10,13,21H,4-5,11-12,14H2,1H3,(H,22,24). The fraction of sp³-hybridized carbons (Fsp3) is 0.300. The van der Waals surface area contributed by atoms with E-state index >= 15 is 0 Å². The van der Waals surface area contributed by atoms with Crippen molar-refractivity contribution in [3.8, 4) is 0 Å². The van der Waals surface area contributed by atoms with Crippen molar-refractivity contribution in [1.29, 1.82) is 0 Å². The summed E-state index contributed by atoms with van der Waals surface area (Å²) in [4.78, 5) is 24.3. The van der Waals surface area contributed by atoms with Crippen molar-refractivity contribution in [2.24, 2.45) is 0 Å². The van der Waals surface area contributed by atoms with Gasteiger partial charge in [-0.15, -0.1) is 0 Å². The minimum atomic E-state index is -3.52. The molecule has 0 radical (unpaired) electrons. The predicted molar refractivity (Wildman–Crippen MR) is 109 cm³/mol. The summed E-state index contributed by atoms with van der Waals surface area (Å²) in [5.41, 5.74) is 1.11. The molecule has 154 valence electrons. The topological polar surface area (TPSA) is 105 Å². The number of sulfonamides is 1. The van der Waals surface area contributed by atoms with Crippen molar-refractivity contribution in [2.45, 2.75) is 17.7 Å². The zero-order valence-corrected chi connectivity index (χ0v) is 16.9. The molecule has 1 aliphatic heterocycles. The Morgan fingerprint density at radius 3 is 2.52 bits per heavy atom. The van der Waals surface area contributed by atoms with Gasteiger partial charge in [0.2, 0.25) is 15.9 Å². The molecule has 29 heavy (non-hydrogen) atoms. The third-order valence-electron chi connectivity index (χ3n) is 4.60. The van der Waals surface area contributed by atoms with Crippen LogP contribution in [-0.4, -0.2) is 51.3 Å². The molecule has 9 heteroatoms. The molecule has 1 saturated heterocycles. The number of carbonyl (C=O) groups excluding carboxylic acids is 2. The maximum atomic E-state index is 12.7. The normalized spacial score (nSPS) is 14.4. The fourth-order valence-electron chi connectivity index (χ4n) is 3.10. The molecule has 0 aliphatic carbocycles. The van der Waals surface area contributed by atoms with E-state index in [1.54, 1.807) is 42.5 Å². The van der Waals surface area contributed by atoms with E-state index in [4.69, 9.17) is 4.74 Å². The number of hydrogen-bond acceptors (Lipinski definition) is 6. The highest BCUT2D eigenvalue weighted by Crippen LogP contribution is 2.23. The molecule has 0 aromatic heterocycles. The molecule has 2 N–H and O–H groups in total. The zero-order chi connectivity index (χ0) is 20.9. The number of rotatable bonds is 7. The molecule has 0 atom stereocenters. The molecule has 1 fully saturated rings. The third-order valence-corrected chi connectivity index (χ3v) is 6.49. The van der Waals surface area contributed by atoms with Gasteiger partial charge >= 0.3 is 5.97 Å². The molecule has 0 saturated carbocycles. The Balaban J connectivity index is 1.65. The lowest BCUT2D eigenvalue weighted by Gasteiger charge is -2.16. The van der Waals surface area contributed by atoms with E-state index in [0.717, 1.165) is 12.8 Å². The third kappa shape index (κ3) is 4.93. The SMILES string of the molecule is COC(=O)c1ccccc1NC(=O)CNc1cccc(S(=O)(=O)N2CCCC2)c1. The lowest BCUT2D eigenvalue weighted by Crippen LogP contribution is -2.28. The maximum absolute atomic E-state index is 12.7. The van der Waals surface area contributed by atoms with Crippen LogP contribution in [-0.2, 0) is 19.6 Å². The maximum Gasteiger partial charge on any atom is 0.339 e. The Morgan fingerprint density at radius 2 is 1.79 bits per heavy atom. The molecule has 8 nitrogen and oxygen atoms in total. The minimum Gasteiger partial charge on any atom is -0.465 e. The lowest BCUT2D eigenvalue weighted by molar-refractivity contribution is -0.114. The molecular weight excluding hydrogens is 394 g/mol. The number of ether oxygens (including phenoxy) is 1. The fourth-order valence-corrected chi connectivity index (χ4v) is 4.66. The van der Waals surface area contributed by atoms with Crippen LogP contribution < -0.4 is 10.6 Å². The number of nitrogens with zero attached hydrogens (tertiary/aromatic N) is 1. The second-order valence-corrected chi connectivity index (χ2v) is 8.52. The number of anilines is 2. The van der Waals surface area contributed by atoms with Crippen LogP contribution >= 0.6 is 0 Å². The van der Waals surface area contributed by atoms with E-state index < -0.39 is 16.0 Å². The van der Waals surface area contributed by atoms with E-state index in [2.05, 4.69) is 10.6 Å². The van der Waals surface area contributed by atoms with Crippen LogP contribution in [0.3, 0.4) is 0 Å². The summed E-state index contributed by atoms with van der Waals surface area (Å²) in [6.07, 6.45) is 1.73. The van der Waals surface area contributed by atoms with E-state index in [1.807, 2.05) is 0 Å². The molecule has 0 spiro atoms. The number of carbonyl (C=O) groups is 2. The van der Waals surface area contributed by atoms with Crippen LogP contribution in [0.5, 0.6) is 0 Å². The highest BCUT2D eigenvalue weighted by Gasteiger charge is 2.27. The summed E-state index contributed by atoms with van der Waals surface area (Å²) >= 11 is 0. The smallest absolute Gasteiger partial charge is 0.339 e. The van der Waals surface area contributed by atoms with Gasteiger partial charge in [0.05, 0.1) is 29.8 Å². The second kappa shape index (κ2) is 9.06. The Morgan fingerprint density at radius 1 is 1.07 bits per heavy atom. The first-order valence-electron chi connectivity index (χ1n) is 9.23. The summed E-state index contributed by atoms with van der Waals surface area (Å²) in [5.74, 6) is -0.928. The van der Waals surface area contributed by atoms with Crippen LogP contribution in [0.25, 0.3) is 0 Å². The van der Waals surface area contributed by atoms with Crippen molar-refractivity contribution >= 4 is 33.3 Å². The van der Waals surface area contributed by atoms with Gasteiger partial charge < -0.3 is 15.4 Å². The Labute approximate surface area is 169 Å². The number of hydrogen-bond donors (Lipinski definition) is 2. The monoisotopic (exact) mass is 417 g/mol. The van der Waals surface area contributed by atoms with Gasteiger partial charge in [-0.3, -0.25) is 4.79 Å². The number of amides is 1. The van der Waals surface area contributed by atoms with Gasteiger partial charge in [0.25, 0.3) is 0 Å². The minimum absolute atomic E-state index is 0.0945. The quantitative estimate of drug-likeness (QED) is 0.670. The van der Waals surface area contributed by atoms with E-state index in [9.17, 15) is 18.0 Å². The van der Waals surface area contributed by atoms with Crippen molar-refractivity contribution < 1.29 is 22.7 Å². The molecular formula is C20H23N3O5S. The predicted octanol–water partition coefficient (Wildman–Crippen LogP) is 2.31. The zero-order valence-electron chi connectivity index (χ0n) is 16.1. The second-order valence-electron chi connectivity index (χ2n) is 6.58. The van der Waals surface area contributed by atoms with Crippen LogP contribution in [0.15, 0.2) is 53.4 Å². The largest absolute Gasteiger partial charge is 0.465 e. The molecule has 2 aromatic rings. The number of esters is 1. The molecule has 0 unspecified atom stereocenters. The summed E-state index contributed by atoms with van der Waals surface area (Å²) in [6, 6.07) is 12.9. The number of methoxy groups -OCH3 is 1. The van der Waals surface area contributed by atoms with Gasteiger partial charge in [-0.1, -0.05) is 18.2 Å². The van der Waals surface area contributed by atoms with Gasteiger partial charge in [0.15, 0.2) is 0 Å². The number of nitrogens with one attached hydrogen (secondary N) is 2. The Kier molecular flexibility index (Phi) is 6.50. The summed E-state index contributed by atoms with van der Waals surface area (Å²) in [7, 11) is -2.26. The molecule has 1 amide bonds. The number of para-hydroxylation sites is 1. The van der Waals surface area contributed by atoms with Gasteiger partial charge in [-0.25, -0.2) is 13.2 Å². The highest BCUT2D eigenvalue weighted by molar-refractivity contribution is 7.89.